The standard InChI is InChI=1S/C25H16BrClN2O3/c26-19-10-13-23(32-25(31)17-8-11-20(27)12-9-17)18(14-19)15-28-29-24(30)22-7-3-5-16-4-1-2-6-21(16)22/h1-15H,(H,29,30)/b28-15-. The minimum Gasteiger partial charge on any atom is -0.422 e. The largest absolute Gasteiger partial charge is 0.422 e. The zero-order chi connectivity index (χ0) is 22.5. The predicted molar refractivity (Wildman–Crippen MR) is 130 cm³/mol. The summed E-state index contributed by atoms with van der Waals surface area (Å²) in [4.78, 5) is 25.1. The van der Waals surface area contributed by atoms with Crippen LogP contribution in [0.5, 0.6) is 5.75 Å². The summed E-state index contributed by atoms with van der Waals surface area (Å²) in [6, 6.07) is 24.7. The van der Waals surface area contributed by atoms with Crippen LogP contribution >= 0.6 is 27.5 Å². The first-order valence-electron chi connectivity index (χ1n) is 9.60. The summed E-state index contributed by atoms with van der Waals surface area (Å²) in [5.74, 6) is -0.567. The van der Waals surface area contributed by atoms with Gasteiger partial charge in [-0.3, -0.25) is 4.79 Å². The molecule has 0 saturated carbocycles. The second-order valence-electron chi connectivity index (χ2n) is 6.80. The highest BCUT2D eigenvalue weighted by Crippen LogP contribution is 2.23. The Morgan fingerprint density at radius 1 is 0.938 bits per heavy atom. The molecule has 0 bridgehead atoms. The van der Waals surface area contributed by atoms with Crippen LogP contribution in [0.25, 0.3) is 10.8 Å². The summed E-state index contributed by atoms with van der Waals surface area (Å²) in [5, 5.41) is 6.39. The molecule has 4 rings (SSSR count). The number of esters is 1. The average Bonchev–Trinajstić information content (AvgIpc) is 2.80. The molecular formula is C25H16BrClN2O3. The predicted octanol–water partition coefficient (Wildman–Crippen LogP) is 6.24. The first-order valence-corrected chi connectivity index (χ1v) is 10.8. The molecule has 0 saturated heterocycles. The summed E-state index contributed by atoms with van der Waals surface area (Å²) >= 11 is 9.27. The first kappa shape index (κ1) is 21.7. The van der Waals surface area contributed by atoms with Crippen LogP contribution in [0.1, 0.15) is 26.3 Å². The van der Waals surface area contributed by atoms with Crippen molar-refractivity contribution in [2.45, 2.75) is 0 Å². The van der Waals surface area contributed by atoms with Gasteiger partial charge in [-0.1, -0.05) is 63.9 Å². The summed E-state index contributed by atoms with van der Waals surface area (Å²) in [6.45, 7) is 0. The zero-order valence-corrected chi connectivity index (χ0v) is 18.9. The Kier molecular flexibility index (Phi) is 6.63. The summed E-state index contributed by atoms with van der Waals surface area (Å²) < 4.78 is 6.29. The lowest BCUT2D eigenvalue weighted by molar-refractivity contribution is 0.0734. The lowest BCUT2D eigenvalue weighted by Crippen LogP contribution is -2.18. The number of carbonyl (C=O) groups is 2. The van der Waals surface area contributed by atoms with Gasteiger partial charge in [0.2, 0.25) is 0 Å². The molecule has 0 heterocycles. The van der Waals surface area contributed by atoms with Gasteiger partial charge in [0.15, 0.2) is 0 Å². The van der Waals surface area contributed by atoms with E-state index in [0.29, 0.717) is 27.5 Å². The molecule has 0 radical (unpaired) electrons. The van der Waals surface area contributed by atoms with Crippen molar-refractivity contribution in [3.63, 3.8) is 0 Å². The van der Waals surface area contributed by atoms with Crippen molar-refractivity contribution in [3.8, 4) is 5.75 Å². The number of nitrogens with one attached hydrogen (secondary N) is 1. The molecule has 1 N–H and O–H groups in total. The topological polar surface area (TPSA) is 67.8 Å². The fourth-order valence-corrected chi connectivity index (χ4v) is 3.61. The Hall–Kier alpha value is -3.48. The number of fused-ring (bicyclic) bond motifs is 1. The Bertz CT molecular complexity index is 1330. The van der Waals surface area contributed by atoms with Crippen molar-refractivity contribution in [1.29, 1.82) is 0 Å². The van der Waals surface area contributed by atoms with E-state index in [4.69, 9.17) is 16.3 Å². The Balaban J connectivity index is 1.52. The average molecular weight is 508 g/mol. The molecule has 0 spiro atoms. The number of ether oxygens (including phenoxy) is 1. The molecule has 0 aliphatic rings. The molecule has 5 nitrogen and oxygen atoms in total. The molecule has 0 aromatic heterocycles. The first-order chi connectivity index (χ1) is 15.5. The summed E-state index contributed by atoms with van der Waals surface area (Å²) in [5.41, 5.74) is 3.93. The van der Waals surface area contributed by atoms with Gasteiger partial charge in [0.1, 0.15) is 5.75 Å². The monoisotopic (exact) mass is 506 g/mol. The molecular weight excluding hydrogens is 492 g/mol. The SMILES string of the molecule is O=C(Oc1ccc(Br)cc1/C=N\NC(=O)c1cccc2ccccc12)c1ccc(Cl)cc1. The lowest BCUT2D eigenvalue weighted by atomic mass is 10.0. The maximum absolute atomic E-state index is 12.7. The van der Waals surface area contributed by atoms with Gasteiger partial charge < -0.3 is 4.74 Å². The maximum Gasteiger partial charge on any atom is 0.343 e. The molecule has 32 heavy (non-hydrogen) atoms. The number of nitrogens with zero attached hydrogens (tertiary/aromatic N) is 1. The van der Waals surface area contributed by atoms with Gasteiger partial charge in [0, 0.05) is 20.6 Å². The van der Waals surface area contributed by atoms with Crippen LogP contribution in [0.15, 0.2) is 94.5 Å². The van der Waals surface area contributed by atoms with Crippen LogP contribution in [0.2, 0.25) is 5.02 Å². The molecule has 0 aliphatic carbocycles. The van der Waals surface area contributed by atoms with Gasteiger partial charge in [-0.25, -0.2) is 10.2 Å². The second kappa shape index (κ2) is 9.77. The maximum atomic E-state index is 12.7. The second-order valence-corrected chi connectivity index (χ2v) is 8.16. The van der Waals surface area contributed by atoms with Crippen LogP contribution in [-0.2, 0) is 0 Å². The van der Waals surface area contributed by atoms with Crippen LogP contribution < -0.4 is 10.2 Å². The number of hydrazone groups is 1. The lowest BCUT2D eigenvalue weighted by Gasteiger charge is -2.08. The molecule has 0 aliphatic heterocycles. The van der Waals surface area contributed by atoms with E-state index in [1.807, 2.05) is 36.4 Å². The van der Waals surface area contributed by atoms with Crippen molar-refractivity contribution >= 4 is 56.4 Å². The van der Waals surface area contributed by atoms with Crippen LogP contribution in [0.4, 0.5) is 0 Å². The molecule has 1 amide bonds. The summed E-state index contributed by atoms with van der Waals surface area (Å²) in [7, 11) is 0. The van der Waals surface area contributed by atoms with Gasteiger partial charge in [0.05, 0.1) is 11.8 Å². The zero-order valence-electron chi connectivity index (χ0n) is 16.6. The van der Waals surface area contributed by atoms with Crippen molar-refractivity contribution in [2.75, 3.05) is 0 Å². The number of benzene rings is 4. The van der Waals surface area contributed by atoms with Gasteiger partial charge in [-0.05, 0) is 59.3 Å². The minimum atomic E-state index is -0.529. The molecule has 0 atom stereocenters. The number of hydrogen-bond donors (Lipinski definition) is 1. The van der Waals surface area contributed by atoms with Gasteiger partial charge >= 0.3 is 5.97 Å². The number of carbonyl (C=O) groups excluding carboxylic acids is 2. The highest BCUT2D eigenvalue weighted by Gasteiger charge is 2.12. The molecule has 7 heteroatoms. The third-order valence-corrected chi connectivity index (χ3v) is 5.40. The van der Waals surface area contributed by atoms with E-state index < -0.39 is 5.97 Å². The van der Waals surface area contributed by atoms with E-state index in [1.54, 1.807) is 48.5 Å². The van der Waals surface area contributed by atoms with E-state index in [-0.39, 0.29) is 5.91 Å². The smallest absolute Gasteiger partial charge is 0.343 e. The normalized spacial score (nSPS) is 10.9. The number of halogens is 2. The third kappa shape index (κ3) is 5.04. The highest BCUT2D eigenvalue weighted by molar-refractivity contribution is 9.10. The van der Waals surface area contributed by atoms with E-state index in [1.165, 1.54) is 6.21 Å². The summed E-state index contributed by atoms with van der Waals surface area (Å²) in [6.07, 6.45) is 1.43. The molecule has 4 aromatic rings. The van der Waals surface area contributed by atoms with Crippen molar-refractivity contribution < 1.29 is 14.3 Å². The van der Waals surface area contributed by atoms with E-state index in [0.717, 1.165) is 15.2 Å². The fraction of sp³-hybridized carbons (Fsp3) is 0. The number of hydrogen-bond acceptors (Lipinski definition) is 4. The molecule has 0 fully saturated rings. The van der Waals surface area contributed by atoms with Crippen LogP contribution in [0.3, 0.4) is 0 Å². The minimum absolute atomic E-state index is 0.302. The number of amides is 1. The Morgan fingerprint density at radius 2 is 1.69 bits per heavy atom. The van der Waals surface area contributed by atoms with Gasteiger partial charge in [-0.2, -0.15) is 5.10 Å². The molecule has 158 valence electrons. The van der Waals surface area contributed by atoms with E-state index >= 15 is 0 Å². The quantitative estimate of drug-likeness (QED) is 0.150. The Labute approximate surface area is 197 Å². The van der Waals surface area contributed by atoms with Gasteiger partial charge in [0.25, 0.3) is 5.91 Å². The van der Waals surface area contributed by atoms with Crippen LogP contribution in [-0.4, -0.2) is 18.1 Å². The van der Waals surface area contributed by atoms with Crippen molar-refractivity contribution in [3.05, 3.63) is 111 Å². The third-order valence-electron chi connectivity index (χ3n) is 4.66. The van der Waals surface area contributed by atoms with Crippen LogP contribution in [0, 0.1) is 0 Å². The Morgan fingerprint density at radius 3 is 2.50 bits per heavy atom. The highest BCUT2D eigenvalue weighted by atomic mass is 79.9. The fourth-order valence-electron chi connectivity index (χ4n) is 3.10. The van der Waals surface area contributed by atoms with E-state index in [2.05, 4.69) is 26.5 Å². The molecule has 0 unspecified atom stereocenters. The number of rotatable bonds is 5. The van der Waals surface area contributed by atoms with Gasteiger partial charge in [-0.15, -0.1) is 0 Å². The molecule has 4 aromatic carbocycles. The van der Waals surface area contributed by atoms with E-state index in [9.17, 15) is 9.59 Å². The van der Waals surface area contributed by atoms with Crippen molar-refractivity contribution in [1.82, 2.24) is 5.43 Å². The van der Waals surface area contributed by atoms with Crippen molar-refractivity contribution in [2.24, 2.45) is 5.10 Å².